The molecule has 2 aromatic carbocycles. The predicted octanol–water partition coefficient (Wildman–Crippen LogP) is 7.33. The van der Waals surface area contributed by atoms with Gasteiger partial charge in [-0.3, -0.25) is 4.79 Å². The van der Waals surface area contributed by atoms with Gasteiger partial charge in [0.25, 0.3) is 0 Å². The van der Waals surface area contributed by atoms with E-state index in [4.69, 9.17) is 9.47 Å². The average Bonchev–Trinajstić information content (AvgIpc) is 2.74. The summed E-state index contributed by atoms with van der Waals surface area (Å²) in [5.41, 5.74) is 6.68. The quantitative estimate of drug-likeness (QED) is 0.502. The molecule has 0 bridgehead atoms. The van der Waals surface area contributed by atoms with E-state index in [2.05, 4.69) is 71.1 Å². The van der Waals surface area contributed by atoms with Gasteiger partial charge in [-0.15, -0.1) is 0 Å². The number of hydrogen-bond donors (Lipinski definition) is 1. The summed E-state index contributed by atoms with van der Waals surface area (Å²) in [6.45, 7) is 19.6. The van der Waals surface area contributed by atoms with E-state index in [9.17, 15) is 4.79 Å². The summed E-state index contributed by atoms with van der Waals surface area (Å²) in [6, 6.07) is 12.1. The summed E-state index contributed by atoms with van der Waals surface area (Å²) in [7, 11) is 0. The molecular formula is C30H40N2O3. The lowest BCUT2D eigenvalue weighted by atomic mass is 9.88. The van der Waals surface area contributed by atoms with Crippen molar-refractivity contribution in [1.82, 2.24) is 0 Å². The third-order valence-electron chi connectivity index (χ3n) is 6.17. The molecule has 0 saturated carbocycles. The number of nitrogens with one attached hydrogen (secondary N) is 1. The largest absolute Gasteiger partial charge is 0.494 e. The summed E-state index contributed by atoms with van der Waals surface area (Å²) in [5.74, 6) is 1.84. The third-order valence-corrected chi connectivity index (χ3v) is 6.17. The highest BCUT2D eigenvalue weighted by molar-refractivity contribution is 5.99. The van der Waals surface area contributed by atoms with E-state index in [0.717, 1.165) is 22.7 Å². The van der Waals surface area contributed by atoms with Crippen molar-refractivity contribution < 1.29 is 14.3 Å². The van der Waals surface area contributed by atoms with Crippen LogP contribution in [0.25, 0.3) is 11.1 Å². The molecule has 0 atom stereocenters. The lowest BCUT2D eigenvalue weighted by molar-refractivity contribution is -0.117. The van der Waals surface area contributed by atoms with E-state index < -0.39 is 0 Å². The van der Waals surface area contributed by atoms with E-state index in [1.165, 1.54) is 22.4 Å². The highest BCUT2D eigenvalue weighted by Crippen LogP contribution is 2.40. The highest BCUT2D eigenvalue weighted by atomic mass is 16.5. The molecule has 2 aromatic rings. The van der Waals surface area contributed by atoms with Crippen LogP contribution in [0.1, 0.15) is 73.4 Å². The molecule has 0 radical (unpaired) electrons. The van der Waals surface area contributed by atoms with Crippen molar-refractivity contribution in [2.24, 2.45) is 0 Å². The number of carbonyl (C=O) groups is 1. The van der Waals surface area contributed by atoms with Crippen molar-refractivity contribution >= 4 is 28.4 Å². The second-order valence-corrected chi connectivity index (χ2v) is 10.3. The van der Waals surface area contributed by atoms with E-state index in [0.29, 0.717) is 13.2 Å². The van der Waals surface area contributed by atoms with Gasteiger partial charge in [0.1, 0.15) is 11.5 Å². The maximum absolute atomic E-state index is 12.0. The number of fused-ring (bicyclic) bond motifs is 2. The highest BCUT2D eigenvalue weighted by Gasteiger charge is 2.34. The minimum atomic E-state index is -0.296. The first kappa shape index (κ1) is 26.4. The zero-order chi connectivity index (χ0) is 26.0. The summed E-state index contributed by atoms with van der Waals surface area (Å²) in [6.07, 6.45) is 4.39. The Kier molecular flexibility index (Phi) is 7.68. The normalized spacial score (nSPS) is 16.9. The van der Waals surface area contributed by atoms with Gasteiger partial charge in [-0.05, 0) is 103 Å². The van der Waals surface area contributed by atoms with Crippen molar-refractivity contribution in [2.75, 3.05) is 23.4 Å². The lowest BCUT2D eigenvalue weighted by Crippen LogP contribution is -2.47. The Morgan fingerprint density at radius 2 is 1.40 bits per heavy atom. The predicted molar refractivity (Wildman–Crippen MR) is 147 cm³/mol. The van der Waals surface area contributed by atoms with Crippen LogP contribution in [0.5, 0.6) is 11.5 Å². The first-order chi connectivity index (χ1) is 16.4. The van der Waals surface area contributed by atoms with Gasteiger partial charge in [0.05, 0.1) is 30.0 Å². The summed E-state index contributed by atoms with van der Waals surface area (Å²) in [4.78, 5) is 13.8. The summed E-state index contributed by atoms with van der Waals surface area (Å²) in [5, 5.41) is 3.50. The smallest absolute Gasteiger partial charge is 0.224 e. The number of ether oxygens (including phenoxy) is 2. The number of amides is 1. The van der Waals surface area contributed by atoms with E-state index in [1.807, 2.05) is 43.0 Å². The van der Waals surface area contributed by atoms with Crippen LogP contribution in [0.3, 0.4) is 0 Å². The van der Waals surface area contributed by atoms with Gasteiger partial charge < -0.3 is 19.7 Å². The van der Waals surface area contributed by atoms with Crippen molar-refractivity contribution in [2.45, 2.75) is 73.4 Å². The number of rotatable bonds is 4. The molecule has 0 fully saturated rings. The van der Waals surface area contributed by atoms with E-state index >= 15 is 0 Å². The monoisotopic (exact) mass is 476 g/mol. The Labute approximate surface area is 210 Å². The van der Waals surface area contributed by atoms with Crippen LogP contribution < -0.4 is 19.7 Å². The molecule has 2 aliphatic heterocycles. The molecule has 1 N–H and O–H groups in total. The number of carbonyl (C=O) groups excluding carboxylic acids is 1. The fraction of sp³-hybridized carbons (Fsp3) is 0.433. The van der Waals surface area contributed by atoms with E-state index in [1.54, 1.807) is 6.92 Å². The Bertz CT molecular complexity index is 1160. The Morgan fingerprint density at radius 1 is 0.857 bits per heavy atom. The van der Waals surface area contributed by atoms with Gasteiger partial charge in [0.15, 0.2) is 0 Å². The fourth-order valence-electron chi connectivity index (χ4n) is 5.06. The van der Waals surface area contributed by atoms with Crippen LogP contribution >= 0.6 is 0 Å². The molecule has 0 saturated heterocycles. The van der Waals surface area contributed by atoms with Crippen molar-refractivity contribution in [1.29, 1.82) is 0 Å². The van der Waals surface area contributed by atoms with Crippen LogP contribution in [0, 0.1) is 0 Å². The minimum Gasteiger partial charge on any atom is -0.494 e. The molecular weight excluding hydrogens is 436 g/mol. The number of benzene rings is 2. The minimum absolute atomic E-state index is 0.0320. The maximum atomic E-state index is 12.0. The van der Waals surface area contributed by atoms with Gasteiger partial charge in [-0.2, -0.15) is 0 Å². The standard InChI is InChI=1S/C16H21NO2.C14H19NO/c1-6-19-13-7-8-15-14(9-13)11(2)10-16(4,5)17(15)12(3)18;1-5-16-11-6-7-13-12(8-11)10(2)9-14(3,4)15-13/h7-10H,6H2,1-5H3;6-9,15H,5H2,1-4H3. The molecule has 0 unspecified atom stereocenters. The summed E-state index contributed by atoms with van der Waals surface area (Å²) >= 11 is 0. The summed E-state index contributed by atoms with van der Waals surface area (Å²) < 4.78 is 11.1. The van der Waals surface area contributed by atoms with Crippen LogP contribution in [-0.2, 0) is 4.79 Å². The zero-order valence-corrected chi connectivity index (χ0v) is 22.7. The molecule has 4 rings (SSSR count). The molecule has 2 aliphatic rings. The molecule has 35 heavy (non-hydrogen) atoms. The molecule has 188 valence electrons. The fourth-order valence-corrected chi connectivity index (χ4v) is 5.06. The molecule has 0 aromatic heterocycles. The van der Waals surface area contributed by atoms with Gasteiger partial charge in [0, 0.05) is 23.7 Å². The Hall–Kier alpha value is -3.21. The number of hydrogen-bond acceptors (Lipinski definition) is 4. The van der Waals surface area contributed by atoms with Gasteiger partial charge in [-0.25, -0.2) is 0 Å². The molecule has 1 amide bonds. The first-order valence-electron chi connectivity index (χ1n) is 12.4. The molecule has 0 spiro atoms. The number of nitrogens with zero attached hydrogens (tertiary/aromatic N) is 1. The maximum Gasteiger partial charge on any atom is 0.224 e. The SMILES string of the molecule is CCOc1ccc2c(c1)C(C)=CC(C)(C)N2.CCOc1ccc2c(c1)C(C)=CC(C)(C)N2C(C)=O. The Balaban J connectivity index is 0.000000198. The zero-order valence-electron chi connectivity index (χ0n) is 22.7. The molecule has 5 heteroatoms. The second kappa shape index (κ2) is 10.2. The molecule has 5 nitrogen and oxygen atoms in total. The lowest BCUT2D eigenvalue weighted by Gasteiger charge is -2.41. The Morgan fingerprint density at radius 3 is 1.97 bits per heavy atom. The van der Waals surface area contributed by atoms with Crippen LogP contribution in [0.4, 0.5) is 11.4 Å². The third kappa shape index (κ3) is 5.90. The molecule has 2 heterocycles. The van der Waals surface area contributed by atoms with Crippen LogP contribution in [-0.4, -0.2) is 30.2 Å². The number of anilines is 2. The van der Waals surface area contributed by atoms with Crippen molar-refractivity contribution in [3.63, 3.8) is 0 Å². The van der Waals surface area contributed by atoms with Crippen LogP contribution in [0.15, 0.2) is 48.6 Å². The average molecular weight is 477 g/mol. The number of allylic oxidation sites excluding steroid dienone is 2. The van der Waals surface area contributed by atoms with Crippen LogP contribution in [0.2, 0.25) is 0 Å². The van der Waals surface area contributed by atoms with Gasteiger partial charge in [0.2, 0.25) is 5.91 Å². The van der Waals surface area contributed by atoms with Crippen molar-refractivity contribution in [3.8, 4) is 11.5 Å². The topological polar surface area (TPSA) is 50.8 Å². The first-order valence-corrected chi connectivity index (χ1v) is 12.4. The second-order valence-electron chi connectivity index (χ2n) is 10.3. The van der Waals surface area contributed by atoms with Crippen molar-refractivity contribution in [3.05, 3.63) is 59.7 Å². The molecule has 0 aliphatic carbocycles. The van der Waals surface area contributed by atoms with Gasteiger partial charge in [-0.1, -0.05) is 12.2 Å². The van der Waals surface area contributed by atoms with E-state index in [-0.39, 0.29) is 17.0 Å². The van der Waals surface area contributed by atoms with Gasteiger partial charge >= 0.3 is 0 Å².